The number of nitrogens with zero attached hydrogens (tertiary/aromatic N) is 2. The Labute approximate surface area is 70.4 Å². The molecule has 0 fully saturated rings. The van der Waals surface area contributed by atoms with Crippen LogP contribution in [0, 0.1) is 0 Å². The zero-order valence-electron chi connectivity index (χ0n) is 6.66. The number of rotatable bonds is 2. The summed E-state index contributed by atoms with van der Waals surface area (Å²) >= 11 is 1.58. The molecule has 0 saturated carbocycles. The molecule has 1 aromatic rings. The molecule has 0 spiro atoms. The molecule has 0 unspecified atom stereocenters. The normalized spacial score (nSPS) is 10.0. The van der Waals surface area contributed by atoms with Crippen LogP contribution in [0.15, 0.2) is 11.1 Å². The lowest BCUT2D eigenvalue weighted by molar-refractivity contribution is 0.895. The highest BCUT2D eigenvalue weighted by molar-refractivity contribution is 7.98. The Morgan fingerprint density at radius 3 is 2.82 bits per heavy atom. The molecule has 0 radical (unpaired) electrons. The molecule has 0 atom stereocenters. The van der Waals surface area contributed by atoms with Crippen LogP contribution in [0.2, 0.25) is 0 Å². The van der Waals surface area contributed by atoms with E-state index in [4.69, 9.17) is 5.73 Å². The molecular weight excluding hydrogens is 158 g/mol. The van der Waals surface area contributed by atoms with Crippen molar-refractivity contribution in [3.63, 3.8) is 0 Å². The van der Waals surface area contributed by atoms with Gasteiger partial charge in [0.05, 0.1) is 0 Å². The lowest BCUT2D eigenvalue weighted by atomic mass is 10.4. The van der Waals surface area contributed by atoms with Gasteiger partial charge < -0.3 is 5.73 Å². The van der Waals surface area contributed by atoms with E-state index in [1.54, 1.807) is 17.8 Å². The smallest absolute Gasteiger partial charge is 0.131 e. The van der Waals surface area contributed by atoms with Crippen molar-refractivity contribution in [2.24, 2.45) is 0 Å². The summed E-state index contributed by atoms with van der Waals surface area (Å²) in [5, 5.41) is 0.939. The Morgan fingerprint density at radius 1 is 1.55 bits per heavy atom. The maximum Gasteiger partial charge on any atom is 0.131 e. The van der Waals surface area contributed by atoms with Gasteiger partial charge in [0.2, 0.25) is 0 Å². The summed E-state index contributed by atoms with van der Waals surface area (Å²) in [6, 6.07) is 1.78. The molecule has 0 amide bonds. The summed E-state index contributed by atoms with van der Waals surface area (Å²) in [4.78, 5) is 8.30. The molecule has 11 heavy (non-hydrogen) atoms. The zero-order chi connectivity index (χ0) is 8.27. The Morgan fingerprint density at radius 2 is 2.27 bits per heavy atom. The van der Waals surface area contributed by atoms with Crippen molar-refractivity contribution >= 4 is 17.6 Å². The second-order valence-corrected chi connectivity index (χ2v) is 2.93. The fourth-order valence-electron chi connectivity index (χ4n) is 0.755. The summed E-state index contributed by atoms with van der Waals surface area (Å²) in [6.07, 6.45) is 2.81. The van der Waals surface area contributed by atoms with Gasteiger partial charge in [0.15, 0.2) is 0 Å². The summed E-state index contributed by atoms with van der Waals surface area (Å²) in [5.41, 5.74) is 5.55. The monoisotopic (exact) mass is 169 g/mol. The number of aromatic nitrogens is 2. The third-order valence-corrected chi connectivity index (χ3v) is 1.92. The van der Waals surface area contributed by atoms with E-state index in [1.807, 2.05) is 13.2 Å². The minimum Gasteiger partial charge on any atom is -0.384 e. The first-order valence-electron chi connectivity index (χ1n) is 3.43. The highest BCUT2D eigenvalue weighted by Gasteiger charge is 1.98. The highest BCUT2D eigenvalue weighted by Crippen LogP contribution is 2.13. The van der Waals surface area contributed by atoms with Crippen molar-refractivity contribution < 1.29 is 0 Å². The third kappa shape index (κ3) is 2.08. The number of hydrogen-bond acceptors (Lipinski definition) is 4. The first-order chi connectivity index (χ1) is 5.26. The number of hydrogen-bond donors (Lipinski definition) is 1. The van der Waals surface area contributed by atoms with Crippen molar-refractivity contribution in [3.8, 4) is 0 Å². The van der Waals surface area contributed by atoms with Gasteiger partial charge in [0.25, 0.3) is 0 Å². The molecule has 0 aromatic carbocycles. The average Bonchev–Trinajstić information content (AvgIpc) is 2.03. The molecule has 2 N–H and O–H groups in total. The van der Waals surface area contributed by atoms with E-state index in [0.717, 1.165) is 17.3 Å². The second-order valence-electron chi connectivity index (χ2n) is 2.10. The maximum atomic E-state index is 5.55. The van der Waals surface area contributed by atoms with E-state index in [1.165, 1.54) is 0 Å². The van der Waals surface area contributed by atoms with Crippen LogP contribution in [0.1, 0.15) is 12.7 Å². The van der Waals surface area contributed by atoms with Crippen molar-refractivity contribution in [2.75, 3.05) is 12.0 Å². The van der Waals surface area contributed by atoms with Gasteiger partial charge in [-0.3, -0.25) is 0 Å². The molecule has 0 saturated heterocycles. The Hall–Kier alpha value is -0.770. The van der Waals surface area contributed by atoms with E-state index < -0.39 is 0 Å². The van der Waals surface area contributed by atoms with Gasteiger partial charge in [-0.15, -0.1) is 11.8 Å². The van der Waals surface area contributed by atoms with Gasteiger partial charge in [-0.05, 0) is 6.26 Å². The summed E-state index contributed by atoms with van der Waals surface area (Å²) in [7, 11) is 0. The molecule has 0 aliphatic heterocycles. The van der Waals surface area contributed by atoms with Gasteiger partial charge in [-0.25, -0.2) is 9.97 Å². The molecule has 0 aliphatic carbocycles. The van der Waals surface area contributed by atoms with Crippen LogP contribution >= 0.6 is 11.8 Å². The number of anilines is 1. The quantitative estimate of drug-likeness (QED) is 0.536. The number of nitrogen functional groups attached to an aromatic ring is 1. The summed E-state index contributed by atoms with van der Waals surface area (Å²) < 4.78 is 0. The number of aryl methyl sites for hydroxylation is 1. The summed E-state index contributed by atoms with van der Waals surface area (Å²) in [5.74, 6) is 1.37. The summed E-state index contributed by atoms with van der Waals surface area (Å²) in [6.45, 7) is 2.01. The van der Waals surface area contributed by atoms with Crippen molar-refractivity contribution in [3.05, 3.63) is 11.9 Å². The van der Waals surface area contributed by atoms with Crippen LogP contribution in [0.3, 0.4) is 0 Å². The van der Waals surface area contributed by atoms with E-state index in [0.29, 0.717) is 5.82 Å². The van der Waals surface area contributed by atoms with E-state index in [2.05, 4.69) is 9.97 Å². The minimum absolute atomic E-state index is 0.557. The van der Waals surface area contributed by atoms with Crippen LogP contribution in [0.25, 0.3) is 0 Å². The minimum atomic E-state index is 0.557. The van der Waals surface area contributed by atoms with Crippen molar-refractivity contribution in [2.45, 2.75) is 18.4 Å². The molecule has 0 aliphatic rings. The van der Waals surface area contributed by atoms with Gasteiger partial charge in [-0.1, -0.05) is 6.92 Å². The van der Waals surface area contributed by atoms with E-state index in [9.17, 15) is 0 Å². The number of nitrogens with two attached hydrogens (primary N) is 1. The molecule has 0 bridgehead atoms. The highest BCUT2D eigenvalue weighted by atomic mass is 32.2. The maximum absolute atomic E-state index is 5.55. The van der Waals surface area contributed by atoms with Gasteiger partial charge in [0.1, 0.15) is 16.7 Å². The van der Waals surface area contributed by atoms with Crippen LogP contribution in [-0.4, -0.2) is 16.2 Å². The van der Waals surface area contributed by atoms with Crippen molar-refractivity contribution in [1.82, 2.24) is 9.97 Å². The molecular formula is C7H11N3S. The second kappa shape index (κ2) is 3.57. The van der Waals surface area contributed by atoms with Crippen LogP contribution < -0.4 is 5.73 Å². The van der Waals surface area contributed by atoms with Crippen LogP contribution in [0.5, 0.6) is 0 Å². The van der Waals surface area contributed by atoms with Crippen LogP contribution in [-0.2, 0) is 6.42 Å². The van der Waals surface area contributed by atoms with E-state index in [-0.39, 0.29) is 0 Å². The van der Waals surface area contributed by atoms with Crippen LogP contribution in [0.4, 0.5) is 5.82 Å². The Balaban J connectivity index is 3.02. The lowest BCUT2D eigenvalue weighted by Gasteiger charge is -2.00. The molecule has 1 heterocycles. The molecule has 1 aromatic heterocycles. The fraction of sp³-hybridized carbons (Fsp3) is 0.429. The topological polar surface area (TPSA) is 51.8 Å². The molecule has 3 nitrogen and oxygen atoms in total. The van der Waals surface area contributed by atoms with Gasteiger partial charge >= 0.3 is 0 Å². The molecule has 4 heteroatoms. The van der Waals surface area contributed by atoms with Gasteiger partial charge in [0, 0.05) is 12.5 Å². The fourth-order valence-corrected chi connectivity index (χ4v) is 1.19. The molecule has 60 valence electrons. The molecule has 1 rings (SSSR count). The van der Waals surface area contributed by atoms with Crippen molar-refractivity contribution in [1.29, 1.82) is 0 Å². The largest absolute Gasteiger partial charge is 0.384 e. The standard InChI is InChI=1S/C7H11N3S/c1-3-6-9-5(8)4-7(10-6)11-2/h4H,3H2,1-2H3,(H2,8,9,10). The van der Waals surface area contributed by atoms with Gasteiger partial charge in [-0.2, -0.15) is 0 Å². The lowest BCUT2D eigenvalue weighted by Crippen LogP contribution is -1.98. The first-order valence-corrected chi connectivity index (χ1v) is 4.66. The zero-order valence-corrected chi connectivity index (χ0v) is 7.48. The first kappa shape index (κ1) is 8.33. The third-order valence-electron chi connectivity index (χ3n) is 1.29. The number of thioether (sulfide) groups is 1. The predicted octanol–water partition coefficient (Wildman–Crippen LogP) is 1.34. The Kier molecular flexibility index (Phi) is 2.70. The predicted molar refractivity (Wildman–Crippen MR) is 47.6 cm³/mol. The SMILES string of the molecule is CCc1nc(N)cc(SC)n1. The van der Waals surface area contributed by atoms with E-state index >= 15 is 0 Å². The Bertz CT molecular complexity index is 227. The average molecular weight is 169 g/mol.